The van der Waals surface area contributed by atoms with E-state index in [2.05, 4.69) is 21.8 Å². The molecule has 0 amide bonds. The molecule has 26 heavy (non-hydrogen) atoms. The van der Waals surface area contributed by atoms with Crippen molar-refractivity contribution in [1.82, 2.24) is 4.72 Å². The zero-order chi connectivity index (χ0) is 18.6. The largest absolute Gasteiger partial charge is 0.481 e. The second kappa shape index (κ2) is 8.20. The molecule has 1 saturated heterocycles. The van der Waals surface area contributed by atoms with E-state index in [9.17, 15) is 13.2 Å². The molecule has 1 fully saturated rings. The van der Waals surface area contributed by atoms with Gasteiger partial charge < -0.3 is 10.0 Å². The molecule has 0 saturated carbocycles. The maximum atomic E-state index is 12.3. The highest BCUT2D eigenvalue weighted by Gasteiger charge is 2.17. The number of hydrogen-bond acceptors (Lipinski definition) is 5. The fourth-order valence-electron chi connectivity index (χ4n) is 2.95. The highest BCUT2D eigenvalue weighted by molar-refractivity contribution is 7.91. The van der Waals surface area contributed by atoms with Crippen molar-refractivity contribution >= 4 is 33.0 Å². The molecule has 0 bridgehead atoms. The van der Waals surface area contributed by atoms with Gasteiger partial charge in [0.2, 0.25) is 10.0 Å². The molecule has 0 spiro atoms. The topological polar surface area (TPSA) is 86.7 Å². The van der Waals surface area contributed by atoms with Crippen LogP contribution in [0.5, 0.6) is 0 Å². The predicted molar refractivity (Wildman–Crippen MR) is 103 cm³/mol. The van der Waals surface area contributed by atoms with Gasteiger partial charge in [0.15, 0.2) is 0 Å². The van der Waals surface area contributed by atoms with Gasteiger partial charge in [-0.2, -0.15) is 0 Å². The molecule has 1 aliphatic heterocycles. The van der Waals surface area contributed by atoms with E-state index in [-0.39, 0.29) is 23.6 Å². The van der Waals surface area contributed by atoms with Gasteiger partial charge in [-0.1, -0.05) is 12.1 Å². The lowest BCUT2D eigenvalue weighted by Crippen LogP contribution is -2.24. The summed E-state index contributed by atoms with van der Waals surface area (Å²) in [6, 6.07) is 11.6. The van der Waals surface area contributed by atoms with Gasteiger partial charge in [-0.15, -0.1) is 11.3 Å². The van der Waals surface area contributed by atoms with Crippen molar-refractivity contribution in [3.8, 4) is 10.4 Å². The van der Waals surface area contributed by atoms with Crippen LogP contribution in [0, 0.1) is 0 Å². The SMILES string of the molecule is O=C(O)CCCNS(=O)(=O)c1ccc(-c2ccc(N3CCCC3)cc2)s1. The van der Waals surface area contributed by atoms with Crippen molar-refractivity contribution in [3.63, 3.8) is 0 Å². The van der Waals surface area contributed by atoms with Gasteiger partial charge in [0.1, 0.15) is 4.21 Å². The number of rotatable bonds is 8. The zero-order valence-corrected chi connectivity index (χ0v) is 16.0. The summed E-state index contributed by atoms with van der Waals surface area (Å²) in [4.78, 5) is 13.7. The molecule has 1 aliphatic rings. The van der Waals surface area contributed by atoms with E-state index in [4.69, 9.17) is 5.11 Å². The third-order valence-electron chi connectivity index (χ3n) is 4.33. The highest BCUT2D eigenvalue weighted by Crippen LogP contribution is 2.32. The number of thiophene rings is 1. The number of carboxylic acid groups (broad SMARTS) is 1. The van der Waals surface area contributed by atoms with Crippen molar-refractivity contribution in [2.75, 3.05) is 24.5 Å². The van der Waals surface area contributed by atoms with E-state index in [1.165, 1.54) is 29.9 Å². The third kappa shape index (κ3) is 4.63. The smallest absolute Gasteiger partial charge is 0.303 e. The van der Waals surface area contributed by atoms with Crippen LogP contribution in [0.2, 0.25) is 0 Å². The Bertz CT molecular complexity index is 854. The lowest BCUT2D eigenvalue weighted by Gasteiger charge is -2.17. The van der Waals surface area contributed by atoms with Crippen LogP contribution in [0.1, 0.15) is 25.7 Å². The van der Waals surface area contributed by atoms with E-state index >= 15 is 0 Å². The molecule has 3 rings (SSSR count). The van der Waals surface area contributed by atoms with Crippen LogP contribution in [0.25, 0.3) is 10.4 Å². The molecule has 6 nitrogen and oxygen atoms in total. The Morgan fingerprint density at radius 3 is 2.46 bits per heavy atom. The molecule has 140 valence electrons. The number of aliphatic carboxylic acids is 1. The van der Waals surface area contributed by atoms with Crippen LogP contribution >= 0.6 is 11.3 Å². The molecule has 1 aromatic carbocycles. The first-order valence-corrected chi connectivity index (χ1v) is 10.9. The van der Waals surface area contributed by atoms with Crippen molar-refractivity contribution < 1.29 is 18.3 Å². The monoisotopic (exact) mass is 394 g/mol. The highest BCUT2D eigenvalue weighted by atomic mass is 32.2. The average molecular weight is 395 g/mol. The van der Waals surface area contributed by atoms with Crippen molar-refractivity contribution in [1.29, 1.82) is 0 Å². The lowest BCUT2D eigenvalue weighted by atomic mass is 10.1. The van der Waals surface area contributed by atoms with Gasteiger partial charge >= 0.3 is 5.97 Å². The Labute approximate surface area is 157 Å². The van der Waals surface area contributed by atoms with Crippen molar-refractivity contribution in [2.24, 2.45) is 0 Å². The number of nitrogens with one attached hydrogen (secondary N) is 1. The molecule has 1 aromatic heterocycles. The number of sulfonamides is 1. The summed E-state index contributed by atoms with van der Waals surface area (Å²) >= 11 is 1.21. The first kappa shape index (κ1) is 18.9. The Kier molecular flexibility index (Phi) is 5.95. The Morgan fingerprint density at radius 1 is 1.12 bits per heavy atom. The Balaban J connectivity index is 1.65. The van der Waals surface area contributed by atoms with E-state index < -0.39 is 16.0 Å². The van der Waals surface area contributed by atoms with Gasteiger partial charge in [-0.05, 0) is 49.1 Å². The fraction of sp³-hybridized carbons (Fsp3) is 0.389. The maximum Gasteiger partial charge on any atom is 0.303 e. The van der Waals surface area contributed by atoms with Gasteiger partial charge in [0, 0.05) is 36.6 Å². The minimum absolute atomic E-state index is 0.0540. The van der Waals surface area contributed by atoms with Crippen LogP contribution in [0.3, 0.4) is 0 Å². The molecule has 2 heterocycles. The number of carboxylic acids is 1. The normalized spacial score (nSPS) is 14.7. The summed E-state index contributed by atoms with van der Waals surface area (Å²) in [5, 5.41) is 8.60. The number of benzene rings is 1. The Hall–Kier alpha value is -1.90. The molecule has 8 heteroatoms. The summed E-state index contributed by atoms with van der Waals surface area (Å²) in [6.07, 6.45) is 2.67. The summed E-state index contributed by atoms with van der Waals surface area (Å²) < 4.78 is 27.3. The minimum atomic E-state index is -3.60. The molecule has 2 N–H and O–H groups in total. The Morgan fingerprint density at radius 2 is 1.81 bits per heavy atom. The second-order valence-electron chi connectivity index (χ2n) is 6.25. The van der Waals surface area contributed by atoms with Crippen LogP contribution in [-0.4, -0.2) is 39.1 Å². The first-order valence-electron chi connectivity index (χ1n) is 8.62. The molecular formula is C18H22N2O4S2. The van der Waals surface area contributed by atoms with Gasteiger partial charge in [0.25, 0.3) is 0 Å². The van der Waals surface area contributed by atoms with Gasteiger partial charge in [-0.25, -0.2) is 13.1 Å². The molecule has 2 aromatic rings. The fourth-order valence-corrected chi connectivity index (χ4v) is 5.38. The van der Waals surface area contributed by atoms with Crippen LogP contribution < -0.4 is 9.62 Å². The summed E-state index contributed by atoms with van der Waals surface area (Å²) in [5.74, 6) is -0.931. The first-order chi connectivity index (χ1) is 12.5. The molecule has 0 aliphatic carbocycles. The van der Waals surface area contributed by atoms with Crippen LogP contribution in [0.15, 0.2) is 40.6 Å². The van der Waals surface area contributed by atoms with E-state index in [1.807, 2.05) is 12.1 Å². The lowest BCUT2D eigenvalue weighted by molar-refractivity contribution is -0.137. The average Bonchev–Trinajstić information content (AvgIpc) is 3.30. The quantitative estimate of drug-likeness (QED) is 0.672. The van der Waals surface area contributed by atoms with Crippen LogP contribution in [0.4, 0.5) is 5.69 Å². The maximum absolute atomic E-state index is 12.3. The summed E-state index contributed by atoms with van der Waals surface area (Å²) in [7, 11) is -3.60. The summed E-state index contributed by atoms with van der Waals surface area (Å²) in [5.41, 5.74) is 2.20. The van der Waals surface area contributed by atoms with Crippen molar-refractivity contribution in [3.05, 3.63) is 36.4 Å². The third-order valence-corrected chi connectivity index (χ3v) is 7.42. The molecule has 0 radical (unpaired) electrons. The second-order valence-corrected chi connectivity index (χ2v) is 9.33. The molecule has 0 atom stereocenters. The van der Waals surface area contributed by atoms with E-state index in [0.29, 0.717) is 0 Å². The minimum Gasteiger partial charge on any atom is -0.481 e. The number of carbonyl (C=O) groups is 1. The number of nitrogens with zero attached hydrogens (tertiary/aromatic N) is 1. The van der Waals surface area contributed by atoms with Crippen molar-refractivity contribution in [2.45, 2.75) is 29.9 Å². The van der Waals surface area contributed by atoms with Gasteiger partial charge in [-0.3, -0.25) is 4.79 Å². The number of hydrogen-bond donors (Lipinski definition) is 2. The van der Waals surface area contributed by atoms with Gasteiger partial charge in [0.05, 0.1) is 0 Å². The van der Waals surface area contributed by atoms with E-state index in [0.717, 1.165) is 23.5 Å². The predicted octanol–water partition coefficient (Wildman–Crippen LogP) is 3.16. The van der Waals surface area contributed by atoms with E-state index in [1.54, 1.807) is 12.1 Å². The molecule has 0 unspecified atom stereocenters. The molecular weight excluding hydrogens is 372 g/mol. The number of anilines is 1. The standard InChI is InChI=1S/C18H22N2O4S2/c21-17(22)4-3-11-19-26(23,24)18-10-9-16(25-18)14-5-7-15(8-6-14)20-12-1-2-13-20/h5-10,19H,1-4,11-13H2,(H,21,22). The summed E-state index contributed by atoms with van der Waals surface area (Å²) in [6.45, 7) is 2.30. The van der Waals surface area contributed by atoms with Crippen LogP contribution in [-0.2, 0) is 14.8 Å². The zero-order valence-electron chi connectivity index (χ0n) is 14.3.